The van der Waals surface area contributed by atoms with Gasteiger partial charge < -0.3 is 39.3 Å². The van der Waals surface area contributed by atoms with Gasteiger partial charge in [0, 0.05) is 11.8 Å². The number of aliphatic imine (C=N–C) groups is 1. The van der Waals surface area contributed by atoms with Crippen LogP contribution in [0.25, 0.3) is 0 Å². The van der Waals surface area contributed by atoms with Crippen LogP contribution in [0.4, 0.5) is 0 Å². The Balaban J connectivity index is 1.30. The summed E-state index contributed by atoms with van der Waals surface area (Å²) in [5.41, 5.74) is 5.39. The first-order valence-corrected chi connectivity index (χ1v) is 24.6. The maximum atomic E-state index is 13.5. The number of phosphoric ester groups is 1. The number of H-pyrrole nitrogens is 1. The molecule has 0 amide bonds. The first-order chi connectivity index (χ1) is 30.1. The number of nitrogens with one attached hydrogen (secondary N) is 2. The van der Waals surface area contributed by atoms with Crippen LogP contribution in [0.2, 0.25) is 0 Å². The van der Waals surface area contributed by atoms with Crippen molar-refractivity contribution in [1.29, 1.82) is 15.9 Å². The maximum absolute atomic E-state index is 13.5. The maximum Gasteiger partial charge on any atom is 0.472 e. The number of rotatable bonds is 31. The zero-order valence-corrected chi connectivity index (χ0v) is 39.3. The van der Waals surface area contributed by atoms with Crippen molar-refractivity contribution in [2.75, 3.05) is 13.2 Å². The summed E-state index contributed by atoms with van der Waals surface area (Å²) < 4.78 is 55.3. The average Bonchev–Trinajstić information content (AvgIpc) is 3.94. The molecule has 2 aromatic rings. The molecule has 2 aliphatic heterocycles. The summed E-state index contributed by atoms with van der Waals surface area (Å²) in [6.45, 7) is 10.8. The van der Waals surface area contributed by atoms with Crippen molar-refractivity contribution in [3.63, 3.8) is 0 Å². The lowest BCUT2D eigenvalue weighted by Gasteiger charge is -2.29. The highest BCUT2D eigenvalue weighted by Crippen LogP contribution is 2.52. The van der Waals surface area contributed by atoms with E-state index in [4.69, 9.17) is 43.9 Å². The van der Waals surface area contributed by atoms with Gasteiger partial charge in [-0.2, -0.15) is 10.5 Å². The molecule has 2 unspecified atom stereocenters. The van der Waals surface area contributed by atoms with Crippen molar-refractivity contribution in [2.24, 2.45) is 16.6 Å². The van der Waals surface area contributed by atoms with E-state index in [1.807, 2.05) is 13.8 Å². The smallest absolute Gasteiger partial charge is 0.472 e. The van der Waals surface area contributed by atoms with Gasteiger partial charge >= 0.3 is 7.82 Å². The number of aromatic amines is 1. The number of nitrogens with zero attached hydrogens (tertiary/aromatic N) is 3. The van der Waals surface area contributed by atoms with Crippen molar-refractivity contribution < 1.29 is 42.2 Å². The summed E-state index contributed by atoms with van der Waals surface area (Å²) in [4.78, 5) is 17.9. The zero-order chi connectivity index (χ0) is 45.9. The highest BCUT2D eigenvalue weighted by Gasteiger charge is 2.64. The Morgan fingerprint density at radius 1 is 0.921 bits per heavy atom. The molecular weight excluding hydrogens is 824 g/mol. The summed E-state index contributed by atoms with van der Waals surface area (Å²) in [7, 11) is -4.79. The van der Waals surface area contributed by atoms with Crippen LogP contribution in [0, 0.1) is 34.0 Å². The minimum Gasteiger partial charge on any atom is -0.489 e. The molecule has 2 aliphatic rings. The van der Waals surface area contributed by atoms with Crippen molar-refractivity contribution in [2.45, 2.75) is 193 Å². The predicted molar refractivity (Wildman–Crippen MR) is 243 cm³/mol. The SMILES string of the molecule is CCCCC(C)CCCCCCCCCCCCCC[C@H](COP(=O)(O)OC[C@@]1(C#N)O[C@@H](c2ccc(C(N)=NC=N)[nH]2)[C@@H]2OC(C)(C)O[C@@H]21)Oc1ccc(C#N)c(OC(C)C)c1. The van der Waals surface area contributed by atoms with Crippen LogP contribution in [0.5, 0.6) is 11.5 Å². The lowest BCUT2D eigenvalue weighted by Crippen LogP contribution is -2.45. The molecule has 0 radical (unpaired) electrons. The number of benzene rings is 1. The van der Waals surface area contributed by atoms with Crippen LogP contribution in [0.1, 0.15) is 174 Å². The molecule has 0 bridgehead atoms. The summed E-state index contributed by atoms with van der Waals surface area (Å²) in [5, 5.41) is 27.4. The van der Waals surface area contributed by atoms with Crippen LogP contribution in [0.3, 0.4) is 0 Å². The molecule has 2 fully saturated rings. The number of amidine groups is 1. The Bertz CT molecular complexity index is 1880. The first-order valence-electron chi connectivity index (χ1n) is 23.1. The zero-order valence-electron chi connectivity index (χ0n) is 38.4. The molecule has 3 heterocycles. The fourth-order valence-electron chi connectivity index (χ4n) is 8.19. The van der Waals surface area contributed by atoms with E-state index in [9.17, 15) is 20.0 Å². The van der Waals surface area contributed by atoms with E-state index >= 15 is 0 Å². The standard InChI is InChI=1S/C47H73N6O9P/c1-7-8-21-35(4)22-19-17-15-13-11-9-10-12-14-16-18-20-23-38(59-37-25-24-36(29-48)41(28-37)58-34(2)3)30-56-63(54,55)57-32-47(31-49)44-43(60-46(5,6)62-44)42(61-47)39-26-27-40(53-39)45(51)52-33-50/h24-28,33-35,38,42-44,53H,7-23,30,32H2,1-6H3,(H,54,55)(H3,50,51,52)/t35?,38-,42+,43+,44+,47-/m1/s1. The minimum atomic E-state index is -4.79. The van der Waals surface area contributed by atoms with Gasteiger partial charge in [-0.05, 0) is 70.7 Å². The molecule has 5 N–H and O–H groups in total. The second-order valence-corrected chi connectivity index (χ2v) is 19.3. The normalized spacial score (nSPS) is 22.5. The van der Waals surface area contributed by atoms with Gasteiger partial charge in [-0.1, -0.05) is 110 Å². The summed E-state index contributed by atoms with van der Waals surface area (Å²) >= 11 is 0. The number of nitriles is 2. The van der Waals surface area contributed by atoms with Crippen LogP contribution < -0.4 is 15.2 Å². The van der Waals surface area contributed by atoms with Gasteiger partial charge in [0.1, 0.15) is 66.8 Å². The van der Waals surface area contributed by atoms with Gasteiger partial charge in [0.05, 0.1) is 24.0 Å². The minimum absolute atomic E-state index is 0.0774. The molecule has 7 atom stereocenters. The second kappa shape index (κ2) is 25.6. The summed E-state index contributed by atoms with van der Waals surface area (Å²) in [6.07, 6.45) is 17.7. The summed E-state index contributed by atoms with van der Waals surface area (Å²) in [5.74, 6) is 0.641. The van der Waals surface area contributed by atoms with Gasteiger partial charge in [0.2, 0.25) is 5.60 Å². The third-order valence-corrected chi connectivity index (χ3v) is 12.5. The fraction of sp³-hybridized carbons (Fsp3) is 0.702. The molecular formula is C47H73N6O9P. The van der Waals surface area contributed by atoms with Gasteiger partial charge in [-0.3, -0.25) is 14.5 Å². The van der Waals surface area contributed by atoms with Gasteiger partial charge in [0.15, 0.2) is 5.79 Å². The molecule has 15 nitrogen and oxygen atoms in total. The van der Waals surface area contributed by atoms with Crippen molar-refractivity contribution >= 4 is 20.0 Å². The number of fused-ring (bicyclic) bond motifs is 1. The average molecular weight is 897 g/mol. The Morgan fingerprint density at radius 3 is 2.16 bits per heavy atom. The largest absolute Gasteiger partial charge is 0.489 e. The number of aromatic nitrogens is 1. The predicted octanol–water partition coefficient (Wildman–Crippen LogP) is 10.7. The van der Waals surface area contributed by atoms with Crippen LogP contribution >= 0.6 is 7.82 Å². The van der Waals surface area contributed by atoms with Crippen LogP contribution in [-0.4, -0.2) is 71.1 Å². The molecule has 0 aliphatic carbocycles. The third-order valence-electron chi connectivity index (χ3n) is 11.5. The van der Waals surface area contributed by atoms with Gasteiger partial charge in [-0.25, -0.2) is 9.56 Å². The summed E-state index contributed by atoms with van der Waals surface area (Å²) in [6, 6.07) is 12.5. The number of hydrogen-bond donors (Lipinski definition) is 4. The Morgan fingerprint density at radius 2 is 1.56 bits per heavy atom. The topological polar surface area (TPSA) is 228 Å². The highest BCUT2D eigenvalue weighted by atomic mass is 31.2. The lowest BCUT2D eigenvalue weighted by molar-refractivity contribution is -0.204. The molecule has 0 spiro atoms. The quantitative estimate of drug-likeness (QED) is 0.0240. The Hall–Kier alpha value is -3.79. The Labute approximate surface area is 375 Å². The molecule has 16 heteroatoms. The van der Waals surface area contributed by atoms with Gasteiger partial charge in [0.25, 0.3) is 0 Å². The molecule has 63 heavy (non-hydrogen) atoms. The fourth-order valence-corrected chi connectivity index (χ4v) is 8.97. The van der Waals surface area contributed by atoms with E-state index in [0.717, 1.165) is 37.9 Å². The van der Waals surface area contributed by atoms with Crippen LogP contribution in [0.15, 0.2) is 35.3 Å². The van der Waals surface area contributed by atoms with E-state index in [2.05, 4.69) is 36.0 Å². The van der Waals surface area contributed by atoms with E-state index < -0.39 is 50.2 Å². The monoisotopic (exact) mass is 897 g/mol. The molecule has 4 rings (SSSR count). The highest BCUT2D eigenvalue weighted by molar-refractivity contribution is 7.47. The molecule has 0 saturated carbocycles. The second-order valence-electron chi connectivity index (χ2n) is 17.8. The van der Waals surface area contributed by atoms with Crippen molar-refractivity contribution in [1.82, 2.24) is 4.98 Å². The van der Waals surface area contributed by atoms with Crippen molar-refractivity contribution in [3.05, 3.63) is 47.3 Å². The van der Waals surface area contributed by atoms with E-state index in [-0.39, 0.29) is 18.5 Å². The van der Waals surface area contributed by atoms with Crippen LogP contribution in [-0.2, 0) is 27.8 Å². The lowest BCUT2D eigenvalue weighted by atomic mass is 9.96. The number of nitrogens with two attached hydrogens (primary N) is 1. The third kappa shape index (κ3) is 16.6. The molecule has 350 valence electrons. The van der Waals surface area contributed by atoms with Gasteiger partial charge in [-0.15, -0.1) is 0 Å². The molecule has 1 aromatic carbocycles. The number of phosphoric acid groups is 1. The number of ether oxygens (including phenoxy) is 5. The molecule has 2 saturated heterocycles. The van der Waals surface area contributed by atoms with E-state index in [0.29, 0.717) is 34.9 Å². The van der Waals surface area contributed by atoms with E-state index in [1.54, 1.807) is 44.2 Å². The van der Waals surface area contributed by atoms with E-state index in [1.165, 1.54) is 77.0 Å². The number of hydrogen-bond acceptors (Lipinski definition) is 11. The first kappa shape index (κ1) is 51.8. The number of unbranched alkanes of at least 4 members (excludes halogenated alkanes) is 12. The molecule has 1 aromatic heterocycles. The Kier molecular flexibility index (Phi) is 21.1. The van der Waals surface area contributed by atoms with Crippen molar-refractivity contribution in [3.8, 4) is 23.6 Å².